The van der Waals surface area contributed by atoms with E-state index in [9.17, 15) is 4.79 Å². The van der Waals surface area contributed by atoms with Gasteiger partial charge in [-0.25, -0.2) is 0 Å². The second-order valence-electron chi connectivity index (χ2n) is 3.07. The molecule has 0 saturated carbocycles. The van der Waals surface area contributed by atoms with Crippen LogP contribution in [0.25, 0.3) is 0 Å². The van der Waals surface area contributed by atoms with Gasteiger partial charge in [0.15, 0.2) is 0 Å². The number of ether oxygens (including phenoxy) is 1. The molecule has 0 unspecified atom stereocenters. The number of carbonyl (C=O) groups is 1. The van der Waals surface area contributed by atoms with Crippen LogP contribution in [0.2, 0.25) is 5.02 Å². The van der Waals surface area contributed by atoms with Crippen LogP contribution in [0.3, 0.4) is 0 Å². The zero-order valence-electron chi connectivity index (χ0n) is 8.36. The molecule has 1 rings (SSSR count). The summed E-state index contributed by atoms with van der Waals surface area (Å²) in [5, 5.41) is 0.758. The van der Waals surface area contributed by atoms with Gasteiger partial charge >= 0.3 is 0 Å². The molecule has 0 atom stereocenters. The molecule has 0 bridgehead atoms. The zero-order valence-corrected chi connectivity index (χ0v) is 9.11. The quantitative estimate of drug-likeness (QED) is 0.422. The van der Waals surface area contributed by atoms with E-state index in [4.69, 9.17) is 11.6 Å². The molecule has 0 saturated heterocycles. The molecule has 0 amide bonds. The first-order valence-electron chi connectivity index (χ1n) is 4.77. The highest BCUT2D eigenvalue weighted by molar-refractivity contribution is 6.30. The van der Waals surface area contributed by atoms with E-state index in [1.54, 1.807) is 0 Å². The molecular weight excluding hydrogens is 212 g/mol. The highest BCUT2D eigenvalue weighted by atomic mass is 35.5. The average Bonchev–Trinajstić information content (AvgIpc) is 2.26. The lowest BCUT2D eigenvalue weighted by molar-refractivity contribution is -0.127. The summed E-state index contributed by atoms with van der Waals surface area (Å²) in [6.45, 7) is 0.799. The van der Waals surface area contributed by atoms with Crippen molar-refractivity contribution >= 4 is 18.1 Å². The van der Waals surface area contributed by atoms with E-state index in [0.29, 0.717) is 13.1 Å². The van der Waals surface area contributed by atoms with Crippen molar-refractivity contribution in [1.82, 2.24) is 0 Å². The smallest absolute Gasteiger partial charge is 0.293 e. The van der Waals surface area contributed by atoms with Crippen LogP contribution in [0.5, 0.6) is 0 Å². The Labute approximate surface area is 94.5 Å². The highest BCUT2D eigenvalue weighted by Gasteiger charge is 1.90. The number of halogens is 1. The molecule has 0 spiro atoms. The Balaban J connectivity index is 2.22. The van der Waals surface area contributed by atoms with Gasteiger partial charge in [-0.2, -0.15) is 0 Å². The van der Waals surface area contributed by atoms with Gasteiger partial charge in [0, 0.05) is 5.02 Å². The number of hydrogen-bond donors (Lipinski definition) is 0. The van der Waals surface area contributed by atoms with Gasteiger partial charge in [-0.15, -0.1) is 0 Å². The van der Waals surface area contributed by atoms with Crippen molar-refractivity contribution in [2.24, 2.45) is 0 Å². The molecule has 0 heterocycles. The Kier molecular flexibility index (Phi) is 5.56. The van der Waals surface area contributed by atoms with Crippen LogP contribution in [0.15, 0.2) is 36.4 Å². The largest absolute Gasteiger partial charge is 0.464 e. The summed E-state index contributed by atoms with van der Waals surface area (Å²) in [6, 6.07) is 7.79. The third kappa shape index (κ3) is 5.23. The minimum Gasteiger partial charge on any atom is -0.464 e. The summed E-state index contributed by atoms with van der Waals surface area (Å²) in [5.41, 5.74) is 1.25. The lowest BCUT2D eigenvalue weighted by Crippen LogP contribution is -1.86. The third-order valence-electron chi connectivity index (χ3n) is 1.94. The van der Waals surface area contributed by atoms with Crippen molar-refractivity contribution in [2.75, 3.05) is 6.61 Å². The Morgan fingerprint density at radius 3 is 2.60 bits per heavy atom. The van der Waals surface area contributed by atoms with E-state index in [1.807, 2.05) is 36.4 Å². The predicted molar refractivity (Wildman–Crippen MR) is 60.9 cm³/mol. The SMILES string of the molecule is O=COC/C=C/CCc1ccc(Cl)cc1. The molecule has 1 aromatic rings. The molecule has 80 valence electrons. The molecule has 0 aliphatic heterocycles. The number of allylic oxidation sites excluding steroid dienone is 1. The molecule has 0 aliphatic carbocycles. The first kappa shape index (κ1) is 11.8. The number of benzene rings is 1. The summed E-state index contributed by atoms with van der Waals surface area (Å²) >= 11 is 5.77. The monoisotopic (exact) mass is 224 g/mol. The predicted octanol–water partition coefficient (Wildman–Crippen LogP) is 3.00. The average molecular weight is 225 g/mol. The molecule has 0 N–H and O–H groups in total. The fourth-order valence-corrected chi connectivity index (χ4v) is 1.31. The molecule has 0 radical (unpaired) electrons. The molecule has 0 fully saturated rings. The summed E-state index contributed by atoms with van der Waals surface area (Å²) in [7, 11) is 0. The van der Waals surface area contributed by atoms with Crippen LogP contribution >= 0.6 is 11.6 Å². The number of rotatable bonds is 6. The van der Waals surface area contributed by atoms with Crippen LogP contribution in [-0.2, 0) is 16.0 Å². The third-order valence-corrected chi connectivity index (χ3v) is 2.19. The van der Waals surface area contributed by atoms with E-state index in [0.717, 1.165) is 17.9 Å². The second-order valence-corrected chi connectivity index (χ2v) is 3.50. The lowest BCUT2D eigenvalue weighted by Gasteiger charge is -1.97. The van der Waals surface area contributed by atoms with Gasteiger partial charge in [-0.05, 0) is 30.5 Å². The van der Waals surface area contributed by atoms with Crippen LogP contribution in [0.4, 0.5) is 0 Å². The van der Waals surface area contributed by atoms with Crippen molar-refractivity contribution in [1.29, 1.82) is 0 Å². The standard InChI is InChI=1S/C12H13ClO2/c13-12-7-5-11(6-8-12)4-2-1-3-9-15-10-14/h1,3,5-8,10H,2,4,9H2/b3-1+. The van der Waals surface area contributed by atoms with Gasteiger partial charge in [-0.3, -0.25) is 4.79 Å². The van der Waals surface area contributed by atoms with Crippen molar-refractivity contribution < 1.29 is 9.53 Å². The normalized spacial score (nSPS) is 10.5. The summed E-state index contributed by atoms with van der Waals surface area (Å²) in [5.74, 6) is 0. The lowest BCUT2D eigenvalue weighted by atomic mass is 10.1. The van der Waals surface area contributed by atoms with Crippen molar-refractivity contribution in [2.45, 2.75) is 12.8 Å². The summed E-state index contributed by atoms with van der Waals surface area (Å²) in [6.07, 6.45) is 5.74. The van der Waals surface area contributed by atoms with E-state index < -0.39 is 0 Å². The molecule has 1 aromatic carbocycles. The summed E-state index contributed by atoms with van der Waals surface area (Å²) in [4.78, 5) is 9.82. The minimum atomic E-state index is 0.351. The van der Waals surface area contributed by atoms with E-state index in [-0.39, 0.29) is 0 Å². The van der Waals surface area contributed by atoms with Crippen LogP contribution in [-0.4, -0.2) is 13.1 Å². The number of hydrogen-bond acceptors (Lipinski definition) is 2. The first-order chi connectivity index (χ1) is 7.33. The first-order valence-corrected chi connectivity index (χ1v) is 5.15. The summed E-state index contributed by atoms with van der Waals surface area (Å²) < 4.78 is 4.52. The fourth-order valence-electron chi connectivity index (χ4n) is 1.18. The van der Waals surface area contributed by atoms with Crippen LogP contribution < -0.4 is 0 Å². The van der Waals surface area contributed by atoms with Gasteiger partial charge < -0.3 is 4.74 Å². The maximum Gasteiger partial charge on any atom is 0.293 e. The highest BCUT2D eigenvalue weighted by Crippen LogP contribution is 2.10. The second kappa shape index (κ2) is 7.07. The van der Waals surface area contributed by atoms with Crippen molar-refractivity contribution in [3.8, 4) is 0 Å². The minimum absolute atomic E-state index is 0.351. The number of aryl methyl sites for hydroxylation is 1. The maximum absolute atomic E-state index is 9.82. The maximum atomic E-state index is 9.82. The molecule has 0 aromatic heterocycles. The van der Waals surface area contributed by atoms with E-state index >= 15 is 0 Å². The number of carbonyl (C=O) groups excluding carboxylic acids is 1. The van der Waals surface area contributed by atoms with E-state index in [1.165, 1.54) is 5.56 Å². The van der Waals surface area contributed by atoms with Gasteiger partial charge in [0.25, 0.3) is 6.47 Å². The topological polar surface area (TPSA) is 26.3 Å². The zero-order chi connectivity index (χ0) is 10.9. The van der Waals surface area contributed by atoms with E-state index in [2.05, 4.69) is 4.74 Å². The molecule has 15 heavy (non-hydrogen) atoms. The van der Waals surface area contributed by atoms with Crippen molar-refractivity contribution in [3.63, 3.8) is 0 Å². The molecule has 2 nitrogen and oxygen atoms in total. The van der Waals surface area contributed by atoms with Crippen LogP contribution in [0.1, 0.15) is 12.0 Å². The molecule has 3 heteroatoms. The molecule has 0 aliphatic rings. The Morgan fingerprint density at radius 1 is 1.20 bits per heavy atom. The van der Waals surface area contributed by atoms with Gasteiger partial charge in [0.2, 0.25) is 0 Å². The van der Waals surface area contributed by atoms with Crippen molar-refractivity contribution in [3.05, 3.63) is 47.0 Å². The molecular formula is C12H13ClO2. The Bertz CT molecular complexity index is 317. The fraction of sp³-hybridized carbons (Fsp3) is 0.250. The van der Waals surface area contributed by atoms with Gasteiger partial charge in [0.1, 0.15) is 6.61 Å². The Hall–Kier alpha value is -1.28. The van der Waals surface area contributed by atoms with Gasteiger partial charge in [0.05, 0.1) is 0 Å². The van der Waals surface area contributed by atoms with Gasteiger partial charge in [-0.1, -0.05) is 35.9 Å². The van der Waals surface area contributed by atoms with Crippen LogP contribution in [0, 0.1) is 0 Å². The Morgan fingerprint density at radius 2 is 1.93 bits per heavy atom.